The van der Waals surface area contributed by atoms with Crippen LogP contribution in [0.3, 0.4) is 0 Å². The molecule has 25 heavy (non-hydrogen) atoms. The number of nitrogens with zero attached hydrogens (tertiary/aromatic N) is 1. The number of aryl methyl sites for hydroxylation is 1. The quantitative estimate of drug-likeness (QED) is 0.460. The average molecular weight is 354 g/mol. The summed E-state index contributed by atoms with van der Waals surface area (Å²) in [7, 11) is 0. The monoisotopic (exact) mass is 354 g/mol. The van der Waals surface area contributed by atoms with Gasteiger partial charge in [0.15, 0.2) is 0 Å². The maximum atomic E-state index is 6.08. The van der Waals surface area contributed by atoms with Gasteiger partial charge in [-0.1, -0.05) is 17.7 Å². The first kappa shape index (κ1) is 17.3. The second-order valence-corrected chi connectivity index (χ2v) is 6.56. The summed E-state index contributed by atoms with van der Waals surface area (Å²) in [5, 5.41) is 2.00. The van der Waals surface area contributed by atoms with Crippen LogP contribution in [0, 0.1) is 6.92 Å². The van der Waals surface area contributed by atoms with E-state index in [1.165, 1.54) is 5.56 Å². The van der Waals surface area contributed by atoms with Gasteiger partial charge in [-0.05, 0) is 50.1 Å². The lowest BCUT2D eigenvalue weighted by Gasteiger charge is -2.10. The smallest absolute Gasteiger partial charge is 0.142 e. The van der Waals surface area contributed by atoms with Gasteiger partial charge in [-0.3, -0.25) is 0 Å². The molecule has 0 radical (unpaired) electrons. The molecule has 2 N–H and O–H groups in total. The molecule has 4 nitrogen and oxygen atoms in total. The molecule has 0 atom stereocenters. The van der Waals surface area contributed by atoms with Crippen molar-refractivity contribution in [1.82, 2.24) is 4.98 Å². The summed E-state index contributed by atoms with van der Waals surface area (Å²) in [5.74, 6) is 1.63. The van der Waals surface area contributed by atoms with Gasteiger partial charge in [0.05, 0.1) is 30.1 Å². The molecule has 3 rings (SSSR count). The molecule has 130 valence electrons. The van der Waals surface area contributed by atoms with Crippen LogP contribution in [0.15, 0.2) is 53.4 Å². The third kappa shape index (κ3) is 4.97. The van der Waals surface area contributed by atoms with Crippen LogP contribution in [-0.4, -0.2) is 18.2 Å². The number of unbranched alkanes of at least 4 members (excludes halogenated alkanes) is 1. The number of ether oxygens (including phenoxy) is 2. The molecule has 1 heterocycles. The Morgan fingerprint density at radius 3 is 2.44 bits per heavy atom. The second-order valence-electron chi connectivity index (χ2n) is 5.84. The van der Waals surface area contributed by atoms with Crippen LogP contribution in [0.4, 0.5) is 5.69 Å². The first-order valence-corrected chi connectivity index (χ1v) is 9.27. The molecule has 0 spiro atoms. The highest BCUT2D eigenvalue weighted by atomic mass is 32.1. The number of hydrogen-bond acceptors (Lipinski definition) is 5. The number of benzene rings is 2. The molecule has 0 unspecified atom stereocenters. The van der Waals surface area contributed by atoms with Gasteiger partial charge in [-0.15, -0.1) is 11.3 Å². The van der Waals surface area contributed by atoms with Crippen molar-refractivity contribution >= 4 is 17.0 Å². The maximum absolute atomic E-state index is 6.08. The van der Waals surface area contributed by atoms with Crippen LogP contribution in [0.2, 0.25) is 0 Å². The van der Waals surface area contributed by atoms with Crippen molar-refractivity contribution in [2.45, 2.75) is 19.8 Å². The minimum Gasteiger partial charge on any atom is -0.494 e. The van der Waals surface area contributed by atoms with Crippen LogP contribution < -0.4 is 15.2 Å². The Kier molecular flexibility index (Phi) is 5.90. The van der Waals surface area contributed by atoms with Gasteiger partial charge >= 0.3 is 0 Å². The Morgan fingerprint density at radius 1 is 1.00 bits per heavy atom. The highest BCUT2D eigenvalue weighted by molar-refractivity contribution is 7.07. The Balaban J connectivity index is 1.39. The van der Waals surface area contributed by atoms with Gasteiger partial charge in [0.1, 0.15) is 11.5 Å². The van der Waals surface area contributed by atoms with Crippen LogP contribution in [-0.2, 0) is 0 Å². The first-order chi connectivity index (χ1) is 12.2. The summed E-state index contributed by atoms with van der Waals surface area (Å²) in [6, 6.07) is 13.9. The Bertz CT molecular complexity index is 786. The van der Waals surface area contributed by atoms with Crippen LogP contribution >= 0.6 is 11.3 Å². The number of rotatable bonds is 8. The van der Waals surface area contributed by atoms with E-state index < -0.39 is 0 Å². The molecule has 0 aliphatic heterocycles. The zero-order chi connectivity index (χ0) is 17.5. The highest BCUT2D eigenvalue weighted by Crippen LogP contribution is 2.28. The molecule has 0 saturated heterocycles. The number of nitrogens with two attached hydrogens (primary N) is 1. The fourth-order valence-electron chi connectivity index (χ4n) is 2.41. The summed E-state index contributed by atoms with van der Waals surface area (Å²) in [5.41, 5.74) is 11.7. The van der Waals surface area contributed by atoms with Crippen molar-refractivity contribution in [2.75, 3.05) is 18.9 Å². The summed E-state index contributed by atoms with van der Waals surface area (Å²) in [6.45, 7) is 3.37. The lowest BCUT2D eigenvalue weighted by molar-refractivity contribution is 0.267. The maximum Gasteiger partial charge on any atom is 0.142 e. The van der Waals surface area contributed by atoms with Crippen LogP contribution in [0.1, 0.15) is 18.4 Å². The summed E-state index contributed by atoms with van der Waals surface area (Å²) >= 11 is 1.57. The third-order valence-corrected chi connectivity index (χ3v) is 4.41. The van der Waals surface area contributed by atoms with Crippen molar-refractivity contribution in [3.05, 3.63) is 58.9 Å². The van der Waals surface area contributed by atoms with Gasteiger partial charge in [-0.2, -0.15) is 0 Å². The fraction of sp³-hybridized carbons (Fsp3) is 0.250. The fourth-order valence-corrected chi connectivity index (χ4v) is 2.97. The SMILES string of the molecule is Cc1ccc(OCCCCOc2ccc(-c3cscn3)cc2N)cc1. The summed E-state index contributed by atoms with van der Waals surface area (Å²) in [6.07, 6.45) is 1.85. The van der Waals surface area contributed by atoms with E-state index >= 15 is 0 Å². The number of nitrogen functional groups attached to an aromatic ring is 1. The molecule has 2 aromatic carbocycles. The lowest BCUT2D eigenvalue weighted by atomic mass is 10.1. The molecule has 0 aliphatic rings. The topological polar surface area (TPSA) is 57.4 Å². The van der Waals surface area contributed by atoms with Crippen molar-refractivity contribution in [2.24, 2.45) is 0 Å². The number of thiazole rings is 1. The minimum absolute atomic E-state index is 0.623. The summed E-state index contributed by atoms with van der Waals surface area (Å²) in [4.78, 5) is 4.29. The molecule has 3 aromatic rings. The number of aromatic nitrogens is 1. The predicted molar refractivity (Wildman–Crippen MR) is 103 cm³/mol. The zero-order valence-electron chi connectivity index (χ0n) is 14.3. The minimum atomic E-state index is 0.623. The standard InChI is InChI=1S/C20H22N2O2S/c1-15-4-7-17(8-5-15)23-10-2-3-11-24-20-9-6-16(12-18(20)21)19-13-25-14-22-19/h4-9,12-14H,2-3,10-11,21H2,1H3. The van der Waals surface area contributed by atoms with E-state index in [-0.39, 0.29) is 0 Å². The third-order valence-electron chi connectivity index (χ3n) is 3.82. The molecular formula is C20H22N2O2S. The van der Waals surface area contributed by atoms with Gasteiger partial charge in [-0.25, -0.2) is 4.98 Å². The molecule has 0 amide bonds. The molecule has 0 bridgehead atoms. The number of hydrogen-bond donors (Lipinski definition) is 1. The van der Waals surface area contributed by atoms with Crippen LogP contribution in [0.25, 0.3) is 11.3 Å². The highest BCUT2D eigenvalue weighted by Gasteiger charge is 2.05. The number of anilines is 1. The molecular weight excluding hydrogens is 332 g/mol. The van der Waals surface area contributed by atoms with E-state index in [9.17, 15) is 0 Å². The van der Waals surface area contributed by atoms with E-state index in [4.69, 9.17) is 15.2 Å². The van der Waals surface area contributed by atoms with Gasteiger partial charge in [0.25, 0.3) is 0 Å². The predicted octanol–water partition coefficient (Wildman–Crippen LogP) is 4.94. The largest absolute Gasteiger partial charge is 0.494 e. The van der Waals surface area contributed by atoms with Gasteiger partial charge < -0.3 is 15.2 Å². The lowest BCUT2D eigenvalue weighted by Crippen LogP contribution is -2.04. The first-order valence-electron chi connectivity index (χ1n) is 8.33. The Hall–Kier alpha value is -2.53. The van der Waals surface area contributed by atoms with E-state index in [0.29, 0.717) is 18.9 Å². The Labute approximate surface area is 152 Å². The van der Waals surface area contributed by atoms with E-state index in [1.807, 2.05) is 41.2 Å². The molecule has 0 aliphatic carbocycles. The molecule has 1 aromatic heterocycles. The van der Waals surface area contributed by atoms with E-state index in [2.05, 4.69) is 24.0 Å². The molecule has 0 fully saturated rings. The normalized spacial score (nSPS) is 10.6. The second kappa shape index (κ2) is 8.53. The zero-order valence-corrected chi connectivity index (χ0v) is 15.1. The Morgan fingerprint density at radius 2 is 1.76 bits per heavy atom. The molecule has 5 heteroatoms. The van der Waals surface area contributed by atoms with E-state index in [0.717, 1.165) is 35.6 Å². The molecule has 0 saturated carbocycles. The average Bonchev–Trinajstić information content (AvgIpc) is 3.15. The van der Waals surface area contributed by atoms with Crippen molar-refractivity contribution in [1.29, 1.82) is 0 Å². The summed E-state index contributed by atoms with van der Waals surface area (Å²) < 4.78 is 11.5. The van der Waals surface area contributed by atoms with Crippen molar-refractivity contribution < 1.29 is 9.47 Å². The van der Waals surface area contributed by atoms with E-state index in [1.54, 1.807) is 11.3 Å². The van der Waals surface area contributed by atoms with Gasteiger partial charge in [0, 0.05) is 10.9 Å². The van der Waals surface area contributed by atoms with Crippen molar-refractivity contribution in [3.8, 4) is 22.8 Å². The van der Waals surface area contributed by atoms with Crippen molar-refractivity contribution in [3.63, 3.8) is 0 Å². The van der Waals surface area contributed by atoms with Gasteiger partial charge in [0.2, 0.25) is 0 Å². The van der Waals surface area contributed by atoms with Crippen LogP contribution in [0.5, 0.6) is 11.5 Å².